The molecule has 0 N–H and O–H groups in total. The third kappa shape index (κ3) is 1.37. The van der Waals surface area contributed by atoms with Crippen LogP contribution >= 0.6 is 0 Å². The number of carbonyl (C=O) groups is 1. The van der Waals surface area contributed by atoms with E-state index in [1.165, 1.54) is 11.1 Å². The predicted molar refractivity (Wildman–Crippen MR) is 57.5 cm³/mol. The first-order valence-electron chi connectivity index (χ1n) is 5.25. The molecule has 0 radical (unpaired) electrons. The Morgan fingerprint density at radius 3 is 2.43 bits per heavy atom. The zero-order valence-corrected chi connectivity index (χ0v) is 8.79. The average Bonchev–Trinajstić information content (AvgIpc) is 2.98. The maximum Gasteiger partial charge on any atom is 0.130 e. The van der Waals surface area contributed by atoms with Crippen molar-refractivity contribution in [3.63, 3.8) is 0 Å². The molecule has 14 heavy (non-hydrogen) atoms. The molecular weight excluding hydrogens is 172 g/mol. The minimum atomic E-state index is -0.124. The van der Waals surface area contributed by atoms with Crippen molar-refractivity contribution in [2.24, 2.45) is 0 Å². The standard InChI is InChI=1S/C13H16O/c1-10(2)11-5-3-4-6-12(11)13(9-14)7-8-13/h3-6,9-10H,7-8H2,1-2H3. The van der Waals surface area contributed by atoms with Crippen molar-refractivity contribution in [1.82, 2.24) is 0 Å². The molecule has 2 rings (SSSR count). The van der Waals surface area contributed by atoms with Crippen LogP contribution in [0.4, 0.5) is 0 Å². The molecule has 1 fully saturated rings. The van der Waals surface area contributed by atoms with Crippen LogP contribution in [0.2, 0.25) is 0 Å². The normalized spacial score (nSPS) is 18.2. The molecule has 0 aliphatic heterocycles. The molecule has 1 aromatic carbocycles. The Bertz CT molecular complexity index is 348. The largest absolute Gasteiger partial charge is 0.302 e. The number of hydrogen-bond acceptors (Lipinski definition) is 1. The summed E-state index contributed by atoms with van der Waals surface area (Å²) in [6, 6.07) is 8.34. The molecule has 0 atom stereocenters. The van der Waals surface area contributed by atoms with E-state index in [4.69, 9.17) is 0 Å². The second-order valence-corrected chi connectivity index (χ2v) is 4.52. The highest BCUT2D eigenvalue weighted by Gasteiger charge is 2.45. The number of benzene rings is 1. The molecule has 74 valence electrons. The minimum absolute atomic E-state index is 0.124. The van der Waals surface area contributed by atoms with Crippen LogP contribution in [0.25, 0.3) is 0 Å². The lowest BCUT2D eigenvalue weighted by Gasteiger charge is -2.16. The van der Waals surface area contributed by atoms with Crippen LogP contribution in [-0.4, -0.2) is 6.29 Å². The van der Waals surface area contributed by atoms with Crippen LogP contribution < -0.4 is 0 Å². The van der Waals surface area contributed by atoms with Gasteiger partial charge >= 0.3 is 0 Å². The Balaban J connectivity index is 2.47. The van der Waals surface area contributed by atoms with E-state index >= 15 is 0 Å². The SMILES string of the molecule is CC(C)c1ccccc1C1(C=O)CC1. The van der Waals surface area contributed by atoms with Crippen molar-refractivity contribution in [2.45, 2.75) is 38.0 Å². The van der Waals surface area contributed by atoms with Crippen LogP contribution in [0.5, 0.6) is 0 Å². The molecular formula is C13H16O. The van der Waals surface area contributed by atoms with Gasteiger partial charge in [-0.05, 0) is 29.9 Å². The number of carbonyl (C=O) groups excluding carboxylic acids is 1. The number of rotatable bonds is 3. The monoisotopic (exact) mass is 188 g/mol. The fourth-order valence-corrected chi connectivity index (χ4v) is 2.04. The summed E-state index contributed by atoms with van der Waals surface area (Å²) < 4.78 is 0. The van der Waals surface area contributed by atoms with E-state index in [2.05, 4.69) is 32.0 Å². The van der Waals surface area contributed by atoms with Gasteiger partial charge in [0.2, 0.25) is 0 Å². The van der Waals surface area contributed by atoms with E-state index in [1.54, 1.807) is 0 Å². The zero-order valence-electron chi connectivity index (χ0n) is 8.79. The lowest BCUT2D eigenvalue weighted by Crippen LogP contribution is -2.11. The van der Waals surface area contributed by atoms with Crippen molar-refractivity contribution in [1.29, 1.82) is 0 Å². The Hall–Kier alpha value is -1.11. The molecule has 0 heterocycles. The van der Waals surface area contributed by atoms with E-state index in [9.17, 15) is 4.79 Å². The minimum Gasteiger partial charge on any atom is -0.302 e. The van der Waals surface area contributed by atoms with E-state index in [0.29, 0.717) is 5.92 Å². The molecule has 1 aliphatic rings. The summed E-state index contributed by atoms with van der Waals surface area (Å²) in [6.45, 7) is 4.36. The second-order valence-electron chi connectivity index (χ2n) is 4.52. The van der Waals surface area contributed by atoms with Crippen LogP contribution in [-0.2, 0) is 10.2 Å². The molecule has 1 saturated carbocycles. The van der Waals surface area contributed by atoms with E-state index < -0.39 is 0 Å². The van der Waals surface area contributed by atoms with Crippen LogP contribution in [0.3, 0.4) is 0 Å². The van der Waals surface area contributed by atoms with Gasteiger partial charge in [-0.2, -0.15) is 0 Å². The van der Waals surface area contributed by atoms with Crippen molar-refractivity contribution >= 4 is 6.29 Å². The number of hydrogen-bond donors (Lipinski definition) is 0. The van der Waals surface area contributed by atoms with Crippen molar-refractivity contribution in [3.8, 4) is 0 Å². The smallest absolute Gasteiger partial charge is 0.130 e. The maximum absolute atomic E-state index is 11.1. The summed E-state index contributed by atoms with van der Waals surface area (Å²) in [5, 5.41) is 0. The highest BCUT2D eigenvalue weighted by Crippen LogP contribution is 2.48. The Morgan fingerprint density at radius 2 is 1.93 bits per heavy atom. The first-order chi connectivity index (χ1) is 6.69. The highest BCUT2D eigenvalue weighted by molar-refractivity contribution is 5.74. The molecule has 0 saturated heterocycles. The van der Waals surface area contributed by atoms with E-state index in [1.807, 2.05) is 6.07 Å². The lowest BCUT2D eigenvalue weighted by atomic mass is 9.87. The Kier molecular flexibility index (Phi) is 2.18. The van der Waals surface area contributed by atoms with E-state index in [-0.39, 0.29) is 5.41 Å². The van der Waals surface area contributed by atoms with Crippen LogP contribution in [0.15, 0.2) is 24.3 Å². The van der Waals surface area contributed by atoms with Gasteiger partial charge in [-0.3, -0.25) is 0 Å². The van der Waals surface area contributed by atoms with Gasteiger partial charge in [-0.1, -0.05) is 38.1 Å². The molecule has 0 unspecified atom stereocenters. The van der Waals surface area contributed by atoms with Crippen LogP contribution in [0, 0.1) is 0 Å². The third-order valence-electron chi connectivity index (χ3n) is 3.13. The fourth-order valence-electron chi connectivity index (χ4n) is 2.04. The van der Waals surface area contributed by atoms with Gasteiger partial charge in [-0.25, -0.2) is 0 Å². The second kappa shape index (κ2) is 3.23. The maximum atomic E-state index is 11.1. The molecule has 0 spiro atoms. The molecule has 1 aromatic rings. The van der Waals surface area contributed by atoms with E-state index in [0.717, 1.165) is 19.1 Å². The van der Waals surface area contributed by atoms with Gasteiger partial charge in [0.1, 0.15) is 6.29 Å². The molecule has 0 amide bonds. The summed E-state index contributed by atoms with van der Waals surface area (Å²) >= 11 is 0. The molecule has 0 aromatic heterocycles. The number of aldehydes is 1. The summed E-state index contributed by atoms with van der Waals surface area (Å²) in [6.07, 6.45) is 3.19. The summed E-state index contributed by atoms with van der Waals surface area (Å²) in [5.74, 6) is 0.503. The fraction of sp³-hybridized carbons (Fsp3) is 0.462. The third-order valence-corrected chi connectivity index (χ3v) is 3.13. The first kappa shape index (κ1) is 9.45. The highest BCUT2D eigenvalue weighted by atomic mass is 16.1. The molecule has 1 heteroatoms. The van der Waals surface area contributed by atoms with Gasteiger partial charge in [0, 0.05) is 0 Å². The molecule has 1 aliphatic carbocycles. The van der Waals surface area contributed by atoms with Crippen molar-refractivity contribution in [2.75, 3.05) is 0 Å². The average molecular weight is 188 g/mol. The van der Waals surface area contributed by atoms with Crippen LogP contribution in [0.1, 0.15) is 43.7 Å². The molecule has 1 nitrogen and oxygen atoms in total. The topological polar surface area (TPSA) is 17.1 Å². The summed E-state index contributed by atoms with van der Waals surface area (Å²) in [4.78, 5) is 11.1. The lowest BCUT2D eigenvalue weighted by molar-refractivity contribution is -0.109. The van der Waals surface area contributed by atoms with Gasteiger partial charge in [-0.15, -0.1) is 0 Å². The zero-order chi connectivity index (χ0) is 10.2. The first-order valence-corrected chi connectivity index (χ1v) is 5.25. The Labute approximate surface area is 85.1 Å². The van der Waals surface area contributed by atoms with Gasteiger partial charge in [0.15, 0.2) is 0 Å². The summed E-state index contributed by atoms with van der Waals surface area (Å²) in [5.41, 5.74) is 2.46. The Morgan fingerprint density at radius 1 is 1.29 bits per heavy atom. The van der Waals surface area contributed by atoms with Crippen molar-refractivity contribution < 1.29 is 4.79 Å². The quantitative estimate of drug-likeness (QED) is 0.666. The molecule has 0 bridgehead atoms. The summed E-state index contributed by atoms with van der Waals surface area (Å²) in [7, 11) is 0. The van der Waals surface area contributed by atoms with Gasteiger partial charge in [0.25, 0.3) is 0 Å². The van der Waals surface area contributed by atoms with Crippen molar-refractivity contribution in [3.05, 3.63) is 35.4 Å². The van der Waals surface area contributed by atoms with Gasteiger partial charge in [0.05, 0.1) is 5.41 Å². The van der Waals surface area contributed by atoms with Gasteiger partial charge < -0.3 is 4.79 Å². The predicted octanol–water partition coefficient (Wildman–Crippen LogP) is 3.04.